The van der Waals surface area contributed by atoms with E-state index < -0.39 is 5.97 Å². The van der Waals surface area contributed by atoms with Gasteiger partial charge in [-0.25, -0.2) is 0 Å². The van der Waals surface area contributed by atoms with E-state index in [1.165, 1.54) is 5.69 Å². The minimum absolute atomic E-state index is 0.159. The zero-order valence-corrected chi connectivity index (χ0v) is 10.7. The maximum Gasteiger partial charge on any atom is 0.317 e. The third kappa shape index (κ3) is 3.54. The first-order chi connectivity index (χ1) is 8.65. The quantitative estimate of drug-likeness (QED) is 0.792. The number of aliphatic carboxylic acids is 1. The first kappa shape index (κ1) is 13.0. The number of hydrogen-bond acceptors (Lipinski definition) is 4. The largest absolute Gasteiger partial charge is 0.480 e. The average Bonchev–Trinajstić information content (AvgIpc) is 2.73. The van der Waals surface area contributed by atoms with Gasteiger partial charge in [0.05, 0.1) is 13.1 Å². The van der Waals surface area contributed by atoms with Crippen LogP contribution in [0.1, 0.15) is 5.69 Å². The number of carbonyl (C=O) groups is 1. The lowest BCUT2D eigenvalue weighted by Crippen LogP contribution is -2.48. The van der Waals surface area contributed by atoms with E-state index in [-0.39, 0.29) is 6.54 Å². The van der Waals surface area contributed by atoms with Crippen LogP contribution in [0.2, 0.25) is 0 Å². The van der Waals surface area contributed by atoms with Crippen LogP contribution >= 0.6 is 0 Å². The lowest BCUT2D eigenvalue weighted by molar-refractivity contribution is -0.138. The number of rotatable bonds is 5. The van der Waals surface area contributed by atoms with E-state index in [0.717, 1.165) is 39.3 Å². The van der Waals surface area contributed by atoms with Gasteiger partial charge in [-0.3, -0.25) is 19.3 Å². The fourth-order valence-electron chi connectivity index (χ4n) is 2.23. The predicted molar refractivity (Wildman–Crippen MR) is 67.5 cm³/mol. The summed E-state index contributed by atoms with van der Waals surface area (Å²) in [5.74, 6) is -0.740. The number of nitrogens with zero attached hydrogens (tertiary/aromatic N) is 4. The van der Waals surface area contributed by atoms with Crippen molar-refractivity contribution < 1.29 is 9.90 Å². The molecule has 6 nitrogen and oxygen atoms in total. The Balaban J connectivity index is 1.71. The topological polar surface area (TPSA) is 61.6 Å². The average molecular weight is 252 g/mol. The molecule has 2 heterocycles. The molecule has 2 rings (SSSR count). The van der Waals surface area contributed by atoms with Crippen LogP contribution in [-0.4, -0.2) is 69.9 Å². The van der Waals surface area contributed by atoms with Crippen molar-refractivity contribution in [3.05, 3.63) is 18.0 Å². The predicted octanol–water partition coefficient (Wildman–Crippen LogP) is -0.106. The molecule has 1 aliphatic heterocycles. The standard InChI is InChI=1S/C12H20N4O2/c1-11-2-3-13-16(11)9-8-14-4-6-15(7-5-14)10-12(17)18/h2-3H,4-10H2,1H3,(H,17,18). The highest BCUT2D eigenvalue weighted by Crippen LogP contribution is 2.03. The van der Waals surface area contributed by atoms with Gasteiger partial charge in [0.15, 0.2) is 0 Å². The van der Waals surface area contributed by atoms with E-state index in [0.29, 0.717) is 0 Å². The second-order valence-corrected chi connectivity index (χ2v) is 4.71. The Labute approximate surface area is 107 Å². The van der Waals surface area contributed by atoms with Gasteiger partial charge in [-0.1, -0.05) is 0 Å². The third-order valence-corrected chi connectivity index (χ3v) is 3.38. The molecule has 0 spiro atoms. The van der Waals surface area contributed by atoms with Crippen LogP contribution in [0, 0.1) is 6.92 Å². The van der Waals surface area contributed by atoms with Crippen LogP contribution < -0.4 is 0 Å². The molecule has 0 aliphatic carbocycles. The second kappa shape index (κ2) is 5.97. The number of hydrogen-bond donors (Lipinski definition) is 1. The van der Waals surface area contributed by atoms with Crippen molar-refractivity contribution in [3.63, 3.8) is 0 Å². The number of carboxylic acids is 1. The highest BCUT2D eigenvalue weighted by atomic mass is 16.4. The Morgan fingerprint density at radius 1 is 1.28 bits per heavy atom. The molecule has 0 radical (unpaired) electrons. The number of aromatic nitrogens is 2. The highest BCUT2D eigenvalue weighted by Gasteiger charge is 2.18. The van der Waals surface area contributed by atoms with Crippen molar-refractivity contribution in [2.24, 2.45) is 0 Å². The van der Waals surface area contributed by atoms with Crippen molar-refractivity contribution in [1.29, 1.82) is 0 Å². The fourth-order valence-corrected chi connectivity index (χ4v) is 2.23. The van der Waals surface area contributed by atoms with Gasteiger partial charge < -0.3 is 5.11 Å². The fraction of sp³-hybridized carbons (Fsp3) is 0.667. The van der Waals surface area contributed by atoms with Crippen molar-refractivity contribution in [3.8, 4) is 0 Å². The molecule has 18 heavy (non-hydrogen) atoms. The van der Waals surface area contributed by atoms with E-state index in [9.17, 15) is 4.79 Å². The molecule has 1 aromatic rings. The summed E-state index contributed by atoms with van der Waals surface area (Å²) in [6.07, 6.45) is 1.82. The van der Waals surface area contributed by atoms with E-state index >= 15 is 0 Å². The molecule has 1 aliphatic rings. The van der Waals surface area contributed by atoms with E-state index in [4.69, 9.17) is 5.11 Å². The van der Waals surface area contributed by atoms with Gasteiger partial charge in [-0.05, 0) is 13.0 Å². The highest BCUT2D eigenvalue weighted by molar-refractivity contribution is 5.69. The molecule has 1 fully saturated rings. The summed E-state index contributed by atoms with van der Waals surface area (Å²) in [6, 6.07) is 2.00. The summed E-state index contributed by atoms with van der Waals surface area (Å²) in [6.45, 7) is 7.64. The van der Waals surface area contributed by atoms with Crippen molar-refractivity contribution >= 4 is 5.97 Å². The van der Waals surface area contributed by atoms with Crippen molar-refractivity contribution in [2.75, 3.05) is 39.3 Å². The van der Waals surface area contributed by atoms with Gasteiger partial charge in [0, 0.05) is 44.6 Å². The van der Waals surface area contributed by atoms with Crippen LogP contribution in [0.5, 0.6) is 0 Å². The van der Waals surface area contributed by atoms with Gasteiger partial charge in [-0.15, -0.1) is 0 Å². The van der Waals surface area contributed by atoms with E-state index in [2.05, 4.69) is 16.9 Å². The van der Waals surface area contributed by atoms with E-state index in [1.54, 1.807) is 0 Å². The zero-order valence-electron chi connectivity index (χ0n) is 10.7. The van der Waals surface area contributed by atoms with Crippen molar-refractivity contribution in [1.82, 2.24) is 19.6 Å². The summed E-state index contributed by atoms with van der Waals surface area (Å²) in [7, 11) is 0. The molecule has 0 saturated carbocycles. The zero-order chi connectivity index (χ0) is 13.0. The molecule has 1 N–H and O–H groups in total. The van der Waals surface area contributed by atoms with Crippen LogP contribution in [0.25, 0.3) is 0 Å². The SMILES string of the molecule is Cc1ccnn1CCN1CCN(CC(=O)O)CC1. The minimum Gasteiger partial charge on any atom is -0.480 e. The van der Waals surface area contributed by atoms with Crippen LogP contribution in [0.3, 0.4) is 0 Å². The van der Waals surface area contributed by atoms with E-state index in [1.807, 2.05) is 21.8 Å². The van der Waals surface area contributed by atoms with Gasteiger partial charge in [0.25, 0.3) is 0 Å². The van der Waals surface area contributed by atoms with Crippen molar-refractivity contribution in [2.45, 2.75) is 13.5 Å². The molecule has 1 aromatic heterocycles. The monoisotopic (exact) mass is 252 g/mol. The molecule has 0 unspecified atom stereocenters. The Morgan fingerprint density at radius 2 is 1.94 bits per heavy atom. The first-order valence-electron chi connectivity index (χ1n) is 6.30. The molecule has 1 saturated heterocycles. The summed E-state index contributed by atoms with van der Waals surface area (Å²) >= 11 is 0. The Kier molecular flexibility index (Phi) is 4.33. The molecule has 0 bridgehead atoms. The van der Waals surface area contributed by atoms with Crippen LogP contribution in [-0.2, 0) is 11.3 Å². The maximum absolute atomic E-state index is 10.6. The van der Waals surface area contributed by atoms with Gasteiger partial charge in [0.2, 0.25) is 0 Å². The molecular formula is C12H20N4O2. The summed E-state index contributed by atoms with van der Waals surface area (Å²) < 4.78 is 2.00. The van der Waals surface area contributed by atoms with Crippen LogP contribution in [0.4, 0.5) is 0 Å². The lowest BCUT2D eigenvalue weighted by Gasteiger charge is -2.33. The third-order valence-electron chi connectivity index (χ3n) is 3.38. The lowest BCUT2D eigenvalue weighted by atomic mass is 10.3. The second-order valence-electron chi connectivity index (χ2n) is 4.71. The molecule has 100 valence electrons. The molecule has 6 heteroatoms. The molecule has 0 aromatic carbocycles. The first-order valence-corrected chi connectivity index (χ1v) is 6.30. The van der Waals surface area contributed by atoms with Crippen LogP contribution in [0.15, 0.2) is 12.3 Å². The Morgan fingerprint density at radius 3 is 2.50 bits per heavy atom. The van der Waals surface area contributed by atoms with Gasteiger partial charge >= 0.3 is 5.97 Å². The smallest absolute Gasteiger partial charge is 0.317 e. The molecular weight excluding hydrogens is 232 g/mol. The Hall–Kier alpha value is -1.40. The van der Waals surface area contributed by atoms with Gasteiger partial charge in [-0.2, -0.15) is 5.10 Å². The summed E-state index contributed by atoms with van der Waals surface area (Å²) in [5.41, 5.74) is 1.18. The number of carboxylic acid groups (broad SMARTS) is 1. The molecule has 0 atom stereocenters. The maximum atomic E-state index is 10.6. The number of piperazine rings is 1. The minimum atomic E-state index is -0.740. The van der Waals surface area contributed by atoms with Gasteiger partial charge in [0.1, 0.15) is 0 Å². The normalized spacial score (nSPS) is 18.1. The Bertz CT molecular complexity index is 397. The molecule has 0 amide bonds. The number of aryl methyl sites for hydroxylation is 1. The summed E-state index contributed by atoms with van der Waals surface area (Å²) in [5, 5.41) is 13.0. The summed E-state index contributed by atoms with van der Waals surface area (Å²) in [4.78, 5) is 14.9.